The van der Waals surface area contributed by atoms with E-state index in [0.29, 0.717) is 38.8 Å². The average molecular weight is 348 g/mol. The predicted molar refractivity (Wildman–Crippen MR) is 88.5 cm³/mol. The van der Waals surface area contributed by atoms with E-state index in [1.54, 1.807) is 9.80 Å². The Morgan fingerprint density at radius 2 is 2.04 bits per heavy atom. The largest absolute Gasteiger partial charge is 0.379 e. The lowest BCUT2D eigenvalue weighted by molar-refractivity contribution is -0.0177. The fourth-order valence-electron chi connectivity index (χ4n) is 3.41. The molecule has 2 saturated heterocycles. The van der Waals surface area contributed by atoms with Gasteiger partial charge in [0.05, 0.1) is 19.8 Å². The number of nitrogens with one attached hydrogen (secondary N) is 1. The standard InChI is InChI=1S/C16H30F2N4O2/c1-13(22-8-9-24-12-14(22)2)10-19-16(23)21-5-3-4-20(6-7-21)11-15(17)18/h13-15H,3-12H2,1-2H3,(H,19,23)/t13-,14-/m1/s1. The number of carbonyl (C=O) groups excluding carboxylic acids is 1. The Morgan fingerprint density at radius 1 is 1.25 bits per heavy atom. The van der Waals surface area contributed by atoms with Gasteiger partial charge in [0.15, 0.2) is 0 Å². The van der Waals surface area contributed by atoms with Gasteiger partial charge in [-0.05, 0) is 20.3 Å². The smallest absolute Gasteiger partial charge is 0.317 e. The van der Waals surface area contributed by atoms with E-state index in [-0.39, 0.29) is 18.6 Å². The average Bonchev–Trinajstić information content (AvgIpc) is 2.78. The molecular weight excluding hydrogens is 318 g/mol. The number of hydrogen-bond donors (Lipinski definition) is 1. The Balaban J connectivity index is 1.73. The van der Waals surface area contributed by atoms with E-state index in [0.717, 1.165) is 26.2 Å². The molecule has 0 radical (unpaired) electrons. The van der Waals surface area contributed by atoms with Crippen molar-refractivity contribution in [3.63, 3.8) is 0 Å². The van der Waals surface area contributed by atoms with Crippen molar-refractivity contribution in [2.75, 3.05) is 59.0 Å². The maximum Gasteiger partial charge on any atom is 0.317 e. The van der Waals surface area contributed by atoms with E-state index in [2.05, 4.69) is 24.1 Å². The van der Waals surface area contributed by atoms with Crippen LogP contribution < -0.4 is 5.32 Å². The van der Waals surface area contributed by atoms with Crippen LogP contribution in [0.3, 0.4) is 0 Å². The van der Waals surface area contributed by atoms with E-state index in [4.69, 9.17) is 4.74 Å². The van der Waals surface area contributed by atoms with Crippen molar-refractivity contribution >= 4 is 6.03 Å². The van der Waals surface area contributed by atoms with Gasteiger partial charge in [-0.25, -0.2) is 13.6 Å². The molecule has 8 heteroatoms. The van der Waals surface area contributed by atoms with Crippen LogP contribution in [0, 0.1) is 0 Å². The first-order chi connectivity index (χ1) is 11.5. The highest BCUT2D eigenvalue weighted by molar-refractivity contribution is 5.74. The molecule has 2 aliphatic rings. The molecule has 0 unspecified atom stereocenters. The zero-order valence-electron chi connectivity index (χ0n) is 14.7. The van der Waals surface area contributed by atoms with Crippen molar-refractivity contribution < 1.29 is 18.3 Å². The second-order valence-corrected chi connectivity index (χ2v) is 6.73. The summed E-state index contributed by atoms with van der Waals surface area (Å²) in [4.78, 5) is 18.2. The Labute approximate surface area is 143 Å². The normalized spacial score (nSPS) is 25.5. The topological polar surface area (TPSA) is 48.1 Å². The summed E-state index contributed by atoms with van der Waals surface area (Å²) in [6.45, 7) is 9.20. The third-order valence-corrected chi connectivity index (χ3v) is 4.81. The molecule has 2 atom stereocenters. The van der Waals surface area contributed by atoms with Gasteiger partial charge >= 0.3 is 6.03 Å². The summed E-state index contributed by atoms with van der Waals surface area (Å²) in [7, 11) is 0. The number of rotatable bonds is 5. The highest BCUT2D eigenvalue weighted by atomic mass is 19.3. The molecule has 0 aliphatic carbocycles. The summed E-state index contributed by atoms with van der Waals surface area (Å²) in [5.74, 6) is 0. The summed E-state index contributed by atoms with van der Waals surface area (Å²) in [6.07, 6.45) is -1.59. The third-order valence-electron chi connectivity index (χ3n) is 4.81. The molecule has 6 nitrogen and oxygen atoms in total. The van der Waals surface area contributed by atoms with E-state index < -0.39 is 6.43 Å². The first-order valence-corrected chi connectivity index (χ1v) is 8.84. The molecule has 0 spiro atoms. The Bertz CT molecular complexity index is 400. The molecular formula is C16H30F2N4O2. The molecule has 2 amide bonds. The zero-order chi connectivity index (χ0) is 17.5. The van der Waals surface area contributed by atoms with Crippen LogP contribution in [0.1, 0.15) is 20.3 Å². The van der Waals surface area contributed by atoms with Crippen molar-refractivity contribution in [3.8, 4) is 0 Å². The van der Waals surface area contributed by atoms with E-state index in [9.17, 15) is 13.6 Å². The molecule has 0 saturated carbocycles. The second-order valence-electron chi connectivity index (χ2n) is 6.73. The molecule has 2 heterocycles. The lowest BCUT2D eigenvalue weighted by atomic mass is 10.2. The predicted octanol–water partition coefficient (Wildman–Crippen LogP) is 1.08. The minimum atomic E-state index is -2.32. The summed E-state index contributed by atoms with van der Waals surface area (Å²) < 4.78 is 30.4. The van der Waals surface area contributed by atoms with Gasteiger partial charge in [0.2, 0.25) is 0 Å². The summed E-state index contributed by atoms with van der Waals surface area (Å²) >= 11 is 0. The highest BCUT2D eigenvalue weighted by Crippen LogP contribution is 2.10. The molecule has 1 N–H and O–H groups in total. The minimum absolute atomic E-state index is 0.0957. The third kappa shape index (κ3) is 5.82. The Hall–Kier alpha value is -0.990. The van der Waals surface area contributed by atoms with Crippen LogP contribution in [0.5, 0.6) is 0 Å². The number of hydrogen-bond acceptors (Lipinski definition) is 4. The van der Waals surface area contributed by atoms with E-state index in [1.807, 2.05) is 0 Å². The maximum atomic E-state index is 12.5. The second kappa shape index (κ2) is 9.48. The SMILES string of the molecule is C[C@H](CNC(=O)N1CCCN(CC(F)F)CC1)N1CCOC[C@H]1C. The van der Waals surface area contributed by atoms with Gasteiger partial charge in [-0.1, -0.05) is 0 Å². The number of carbonyl (C=O) groups is 1. The molecule has 24 heavy (non-hydrogen) atoms. The number of ether oxygens (including phenoxy) is 1. The van der Waals surface area contributed by atoms with Gasteiger partial charge < -0.3 is 15.0 Å². The summed E-state index contributed by atoms with van der Waals surface area (Å²) in [5.41, 5.74) is 0. The minimum Gasteiger partial charge on any atom is -0.379 e. The van der Waals surface area contributed by atoms with E-state index in [1.165, 1.54) is 0 Å². The quantitative estimate of drug-likeness (QED) is 0.808. The van der Waals surface area contributed by atoms with Gasteiger partial charge in [-0.2, -0.15) is 0 Å². The van der Waals surface area contributed by atoms with Crippen molar-refractivity contribution in [2.45, 2.75) is 38.8 Å². The van der Waals surface area contributed by atoms with Crippen molar-refractivity contribution in [1.29, 1.82) is 0 Å². The zero-order valence-corrected chi connectivity index (χ0v) is 14.7. The Morgan fingerprint density at radius 3 is 2.75 bits per heavy atom. The van der Waals surface area contributed by atoms with Crippen molar-refractivity contribution in [2.24, 2.45) is 0 Å². The van der Waals surface area contributed by atoms with Crippen molar-refractivity contribution in [3.05, 3.63) is 0 Å². The van der Waals surface area contributed by atoms with Gasteiger partial charge in [0.25, 0.3) is 6.43 Å². The fraction of sp³-hybridized carbons (Fsp3) is 0.938. The number of morpholine rings is 1. The lowest BCUT2D eigenvalue weighted by Crippen LogP contribution is -2.53. The van der Waals surface area contributed by atoms with Crippen LogP contribution in [0.15, 0.2) is 0 Å². The fourth-order valence-corrected chi connectivity index (χ4v) is 3.41. The lowest BCUT2D eigenvalue weighted by Gasteiger charge is -2.38. The number of halogens is 2. The van der Waals surface area contributed by atoms with Gasteiger partial charge in [-0.15, -0.1) is 0 Å². The number of alkyl halides is 2. The number of nitrogens with zero attached hydrogens (tertiary/aromatic N) is 3. The van der Waals surface area contributed by atoms with E-state index >= 15 is 0 Å². The molecule has 0 aromatic rings. The Kier molecular flexibility index (Phi) is 7.64. The van der Waals surface area contributed by atoms with Crippen LogP contribution in [0.2, 0.25) is 0 Å². The summed E-state index contributed by atoms with van der Waals surface area (Å²) in [5, 5.41) is 2.99. The first-order valence-electron chi connectivity index (χ1n) is 8.84. The number of amides is 2. The van der Waals surface area contributed by atoms with Crippen LogP contribution >= 0.6 is 0 Å². The van der Waals surface area contributed by atoms with Crippen LogP contribution in [-0.4, -0.2) is 98.3 Å². The maximum absolute atomic E-state index is 12.5. The molecule has 0 bridgehead atoms. The van der Waals surface area contributed by atoms with Gasteiger partial charge in [-0.3, -0.25) is 9.80 Å². The molecule has 2 fully saturated rings. The number of urea groups is 1. The van der Waals surface area contributed by atoms with Crippen LogP contribution in [-0.2, 0) is 4.74 Å². The molecule has 2 rings (SSSR count). The van der Waals surface area contributed by atoms with Crippen LogP contribution in [0.25, 0.3) is 0 Å². The molecule has 0 aromatic heterocycles. The van der Waals surface area contributed by atoms with Gasteiger partial charge in [0, 0.05) is 51.4 Å². The van der Waals surface area contributed by atoms with Crippen LogP contribution in [0.4, 0.5) is 13.6 Å². The summed E-state index contributed by atoms with van der Waals surface area (Å²) in [6, 6.07) is 0.503. The molecule has 2 aliphatic heterocycles. The molecule has 140 valence electrons. The first kappa shape index (κ1) is 19.3. The van der Waals surface area contributed by atoms with Crippen molar-refractivity contribution in [1.82, 2.24) is 20.0 Å². The highest BCUT2D eigenvalue weighted by Gasteiger charge is 2.25. The van der Waals surface area contributed by atoms with Gasteiger partial charge in [0.1, 0.15) is 0 Å². The monoisotopic (exact) mass is 348 g/mol. The molecule has 0 aromatic carbocycles.